The van der Waals surface area contributed by atoms with Gasteiger partial charge in [0.1, 0.15) is 4.99 Å². The third-order valence-electron chi connectivity index (χ3n) is 3.82. The first kappa shape index (κ1) is 16.0. The molecule has 0 aromatic heterocycles. The van der Waals surface area contributed by atoms with E-state index in [1.54, 1.807) is 0 Å². The van der Waals surface area contributed by atoms with Gasteiger partial charge in [-0.25, -0.2) is 0 Å². The molecule has 0 saturated carbocycles. The van der Waals surface area contributed by atoms with Crippen LogP contribution in [0.2, 0.25) is 0 Å². The number of hydrogen-bond acceptors (Lipinski definition) is 3. The maximum Gasteiger partial charge on any atom is 0.416 e. The fraction of sp³-hybridized carbons (Fsp3) is 0.500. The van der Waals surface area contributed by atoms with Gasteiger partial charge in [-0.05, 0) is 38.7 Å². The standard InChI is InChI=1S/C14H18F3N3S/c1-19(2)10-5-6-20(8-10)12-4-3-9(14(15,16)17)7-11(12)13(18)21/h3-4,7,10H,5-6,8H2,1-2H3,(H2,18,21). The van der Waals surface area contributed by atoms with Gasteiger partial charge in [0.15, 0.2) is 0 Å². The number of halogens is 3. The summed E-state index contributed by atoms with van der Waals surface area (Å²) < 4.78 is 38.4. The molecule has 1 saturated heterocycles. The fourth-order valence-electron chi connectivity index (χ4n) is 2.57. The van der Waals surface area contributed by atoms with Crippen LogP contribution < -0.4 is 10.6 Å². The van der Waals surface area contributed by atoms with Crippen LogP contribution in [0.15, 0.2) is 18.2 Å². The quantitative estimate of drug-likeness (QED) is 0.868. The average Bonchev–Trinajstić information content (AvgIpc) is 2.86. The van der Waals surface area contributed by atoms with Crippen molar-refractivity contribution >= 4 is 22.9 Å². The average molecular weight is 317 g/mol. The topological polar surface area (TPSA) is 32.5 Å². The molecule has 0 amide bonds. The van der Waals surface area contributed by atoms with Crippen molar-refractivity contribution in [2.45, 2.75) is 18.6 Å². The van der Waals surface area contributed by atoms with Crippen molar-refractivity contribution < 1.29 is 13.2 Å². The minimum Gasteiger partial charge on any atom is -0.389 e. The maximum absolute atomic E-state index is 12.8. The maximum atomic E-state index is 12.8. The number of likely N-dealkylation sites (N-methyl/N-ethyl adjacent to an activating group) is 1. The summed E-state index contributed by atoms with van der Waals surface area (Å²) in [6, 6.07) is 3.97. The zero-order valence-corrected chi connectivity index (χ0v) is 12.8. The third-order valence-corrected chi connectivity index (χ3v) is 4.04. The van der Waals surface area contributed by atoms with Gasteiger partial charge >= 0.3 is 6.18 Å². The van der Waals surface area contributed by atoms with Gasteiger partial charge in [0, 0.05) is 30.4 Å². The summed E-state index contributed by atoms with van der Waals surface area (Å²) in [6.45, 7) is 1.54. The summed E-state index contributed by atoms with van der Waals surface area (Å²) in [5.41, 5.74) is 5.86. The summed E-state index contributed by atoms with van der Waals surface area (Å²) in [5, 5.41) is 0. The molecule has 2 N–H and O–H groups in total. The molecule has 7 heteroatoms. The zero-order valence-electron chi connectivity index (χ0n) is 11.9. The van der Waals surface area contributed by atoms with Crippen LogP contribution in [0.3, 0.4) is 0 Å². The number of alkyl halides is 3. The highest BCUT2D eigenvalue weighted by Gasteiger charge is 2.32. The van der Waals surface area contributed by atoms with Crippen molar-refractivity contribution in [3.05, 3.63) is 29.3 Å². The summed E-state index contributed by atoms with van der Waals surface area (Å²) in [4.78, 5) is 4.15. The van der Waals surface area contributed by atoms with Crippen LogP contribution in [0, 0.1) is 0 Å². The summed E-state index contributed by atoms with van der Waals surface area (Å²) in [6.07, 6.45) is -3.43. The molecular weight excluding hydrogens is 299 g/mol. The first-order chi connectivity index (χ1) is 9.70. The normalized spacial score (nSPS) is 19.3. The molecule has 3 nitrogen and oxygen atoms in total. The second-order valence-electron chi connectivity index (χ2n) is 5.45. The van der Waals surface area contributed by atoms with E-state index in [-0.39, 0.29) is 4.99 Å². The molecule has 2 rings (SSSR count). The van der Waals surface area contributed by atoms with Gasteiger partial charge in [-0.2, -0.15) is 13.2 Å². The van der Waals surface area contributed by atoms with Crippen LogP contribution in [0.25, 0.3) is 0 Å². The number of thiocarbonyl (C=S) groups is 1. The summed E-state index contributed by atoms with van der Waals surface area (Å²) >= 11 is 4.92. The van der Waals surface area contributed by atoms with E-state index in [0.717, 1.165) is 31.6 Å². The Bertz CT molecular complexity index is 543. The smallest absolute Gasteiger partial charge is 0.389 e. The molecule has 1 fully saturated rings. The number of hydrogen-bond donors (Lipinski definition) is 1. The zero-order chi connectivity index (χ0) is 15.8. The highest BCUT2D eigenvalue weighted by atomic mass is 32.1. The van der Waals surface area contributed by atoms with Crippen molar-refractivity contribution in [2.75, 3.05) is 32.1 Å². The Morgan fingerprint density at radius 3 is 2.52 bits per heavy atom. The van der Waals surface area contributed by atoms with E-state index < -0.39 is 11.7 Å². The predicted molar refractivity (Wildman–Crippen MR) is 81.6 cm³/mol. The number of nitrogens with zero attached hydrogens (tertiary/aromatic N) is 2. The summed E-state index contributed by atoms with van der Waals surface area (Å²) in [5.74, 6) is 0. The van der Waals surface area contributed by atoms with Crippen molar-refractivity contribution in [2.24, 2.45) is 5.73 Å². The minimum atomic E-state index is -4.39. The molecule has 0 spiro atoms. The van der Waals surface area contributed by atoms with Gasteiger partial charge in [0.2, 0.25) is 0 Å². The van der Waals surface area contributed by atoms with E-state index in [1.807, 2.05) is 19.0 Å². The molecule has 1 aliphatic heterocycles. The monoisotopic (exact) mass is 317 g/mol. The molecule has 1 aromatic rings. The van der Waals surface area contributed by atoms with Gasteiger partial charge in [0.05, 0.1) is 5.56 Å². The van der Waals surface area contributed by atoms with E-state index in [0.29, 0.717) is 17.3 Å². The van der Waals surface area contributed by atoms with E-state index >= 15 is 0 Å². The Labute approximate surface area is 127 Å². The third kappa shape index (κ3) is 3.47. The lowest BCUT2D eigenvalue weighted by Crippen LogP contribution is -2.32. The largest absolute Gasteiger partial charge is 0.416 e. The predicted octanol–water partition coefficient (Wildman–Crippen LogP) is 2.48. The van der Waals surface area contributed by atoms with Crippen LogP contribution in [-0.4, -0.2) is 43.1 Å². The minimum absolute atomic E-state index is 0.00981. The van der Waals surface area contributed by atoms with E-state index in [4.69, 9.17) is 18.0 Å². The molecule has 1 atom stereocenters. The second kappa shape index (κ2) is 5.81. The molecule has 0 radical (unpaired) electrons. The molecular formula is C14H18F3N3S. The van der Waals surface area contributed by atoms with Crippen LogP contribution in [-0.2, 0) is 6.18 Å². The Morgan fingerprint density at radius 1 is 1.38 bits per heavy atom. The van der Waals surface area contributed by atoms with Crippen LogP contribution in [0.1, 0.15) is 17.5 Å². The molecule has 21 heavy (non-hydrogen) atoms. The molecule has 1 unspecified atom stereocenters. The summed E-state index contributed by atoms with van der Waals surface area (Å²) in [7, 11) is 3.99. The fourth-order valence-corrected chi connectivity index (χ4v) is 2.73. The van der Waals surface area contributed by atoms with Gasteiger partial charge < -0.3 is 15.5 Å². The first-order valence-electron chi connectivity index (χ1n) is 6.62. The highest BCUT2D eigenvalue weighted by Crippen LogP contribution is 2.34. The number of anilines is 1. The van der Waals surface area contributed by atoms with Gasteiger partial charge in [0.25, 0.3) is 0 Å². The molecule has 1 aliphatic rings. The van der Waals surface area contributed by atoms with Crippen molar-refractivity contribution in [3.63, 3.8) is 0 Å². The Balaban J connectivity index is 2.34. The molecule has 1 heterocycles. The van der Waals surface area contributed by atoms with E-state index in [9.17, 15) is 13.2 Å². The second-order valence-corrected chi connectivity index (χ2v) is 5.89. The lowest BCUT2D eigenvalue weighted by molar-refractivity contribution is -0.137. The van der Waals surface area contributed by atoms with Crippen molar-refractivity contribution in [3.8, 4) is 0 Å². The van der Waals surface area contributed by atoms with Gasteiger partial charge in [-0.3, -0.25) is 0 Å². The Hall–Kier alpha value is -1.34. The number of benzene rings is 1. The van der Waals surface area contributed by atoms with Crippen LogP contribution in [0.5, 0.6) is 0 Å². The number of rotatable bonds is 3. The lowest BCUT2D eigenvalue weighted by Gasteiger charge is -2.24. The van der Waals surface area contributed by atoms with Crippen molar-refractivity contribution in [1.29, 1.82) is 0 Å². The van der Waals surface area contributed by atoms with Crippen molar-refractivity contribution in [1.82, 2.24) is 4.90 Å². The molecule has 116 valence electrons. The number of nitrogens with two attached hydrogens (primary N) is 1. The van der Waals surface area contributed by atoms with Crippen LogP contribution in [0.4, 0.5) is 18.9 Å². The lowest BCUT2D eigenvalue weighted by atomic mass is 10.1. The molecule has 1 aromatic carbocycles. The van der Waals surface area contributed by atoms with Gasteiger partial charge in [-0.15, -0.1) is 0 Å². The Morgan fingerprint density at radius 2 is 2.05 bits per heavy atom. The Kier molecular flexibility index (Phi) is 4.43. The van der Waals surface area contributed by atoms with Gasteiger partial charge in [-0.1, -0.05) is 12.2 Å². The SMILES string of the molecule is CN(C)C1CCN(c2ccc(C(F)(F)F)cc2C(N)=S)C1. The first-order valence-corrected chi connectivity index (χ1v) is 7.03. The van der Waals surface area contributed by atoms with E-state index in [1.165, 1.54) is 6.07 Å². The highest BCUT2D eigenvalue weighted by molar-refractivity contribution is 7.80. The molecule has 0 bridgehead atoms. The van der Waals surface area contributed by atoms with Crippen LogP contribution >= 0.6 is 12.2 Å². The molecule has 0 aliphatic carbocycles. The van der Waals surface area contributed by atoms with E-state index in [2.05, 4.69) is 4.90 Å².